The lowest BCUT2D eigenvalue weighted by Crippen LogP contribution is -2.07. The van der Waals surface area contributed by atoms with E-state index in [2.05, 4.69) is 15.3 Å². The van der Waals surface area contributed by atoms with Crippen molar-refractivity contribution in [2.45, 2.75) is 19.3 Å². The quantitative estimate of drug-likeness (QED) is 0.687. The number of aromatic nitrogens is 4. The van der Waals surface area contributed by atoms with Gasteiger partial charge in [-0.3, -0.25) is 15.0 Å². The Morgan fingerprint density at radius 2 is 1.86 bits per heavy atom. The third kappa shape index (κ3) is 2.39. The summed E-state index contributed by atoms with van der Waals surface area (Å²) in [6.07, 6.45) is -4.38. The first-order valence-electron chi connectivity index (χ1n) is 6.33. The Hall–Kier alpha value is -2.55. The first-order valence-corrected chi connectivity index (χ1v) is 6.33. The van der Waals surface area contributed by atoms with Gasteiger partial charge in [0.2, 0.25) is 0 Å². The zero-order valence-electron chi connectivity index (χ0n) is 11.1. The second kappa shape index (κ2) is 5.02. The molecule has 1 aromatic carbocycles. The van der Waals surface area contributed by atoms with E-state index in [0.717, 1.165) is 12.1 Å². The number of halogens is 3. The van der Waals surface area contributed by atoms with Crippen LogP contribution in [0.25, 0.3) is 11.0 Å². The molecule has 116 valence electrons. The highest BCUT2D eigenvalue weighted by molar-refractivity contribution is 5.77. The molecule has 2 aromatic heterocycles. The van der Waals surface area contributed by atoms with Crippen LogP contribution in [0.5, 0.6) is 0 Å². The highest BCUT2D eigenvalue weighted by atomic mass is 19.4. The van der Waals surface area contributed by atoms with Gasteiger partial charge in [-0.25, -0.2) is 4.68 Å². The highest BCUT2D eigenvalue weighted by Gasteiger charge is 2.29. The summed E-state index contributed by atoms with van der Waals surface area (Å²) in [7, 11) is 0. The molecule has 0 spiro atoms. The van der Waals surface area contributed by atoms with E-state index in [-0.39, 0.29) is 17.6 Å². The van der Waals surface area contributed by atoms with E-state index in [1.807, 2.05) is 0 Å². The van der Waals surface area contributed by atoms with Crippen molar-refractivity contribution < 1.29 is 18.3 Å². The predicted molar refractivity (Wildman–Crippen MR) is 71.2 cm³/mol. The maximum atomic E-state index is 12.5. The number of benzene rings is 1. The molecule has 0 saturated carbocycles. The third-order valence-corrected chi connectivity index (χ3v) is 3.31. The summed E-state index contributed by atoms with van der Waals surface area (Å²) >= 11 is 0. The van der Waals surface area contributed by atoms with Crippen LogP contribution in [0.1, 0.15) is 16.8 Å². The van der Waals surface area contributed by atoms with Crippen LogP contribution < -0.4 is 5.56 Å². The number of aliphatic hydroxyl groups is 1. The fourth-order valence-electron chi connectivity index (χ4n) is 2.25. The molecule has 0 aliphatic carbocycles. The smallest absolute Gasteiger partial charge is 0.390 e. The van der Waals surface area contributed by atoms with Gasteiger partial charge in [0.25, 0.3) is 5.56 Å². The Morgan fingerprint density at radius 1 is 1.18 bits per heavy atom. The van der Waals surface area contributed by atoms with Gasteiger partial charge in [-0.2, -0.15) is 18.3 Å². The van der Waals surface area contributed by atoms with E-state index in [9.17, 15) is 23.1 Å². The van der Waals surface area contributed by atoms with Crippen LogP contribution in [0, 0.1) is 0 Å². The minimum Gasteiger partial charge on any atom is -0.390 e. The van der Waals surface area contributed by atoms with Crippen molar-refractivity contribution >= 4 is 11.0 Å². The van der Waals surface area contributed by atoms with E-state index in [4.69, 9.17) is 0 Å². The molecular formula is C13H11F3N4O2. The van der Waals surface area contributed by atoms with E-state index >= 15 is 0 Å². The SMILES string of the molecule is O=c1[nH][nH]c2c1c(CO)nn2Cc1ccc(C(F)(F)F)cc1. The number of nitrogens with one attached hydrogen (secondary N) is 2. The maximum Gasteiger partial charge on any atom is 0.416 e. The van der Waals surface area contributed by atoms with Gasteiger partial charge in [-0.1, -0.05) is 12.1 Å². The second-order valence-corrected chi connectivity index (χ2v) is 4.76. The second-order valence-electron chi connectivity index (χ2n) is 4.76. The summed E-state index contributed by atoms with van der Waals surface area (Å²) in [6, 6.07) is 4.67. The number of hydrogen-bond donors (Lipinski definition) is 3. The van der Waals surface area contributed by atoms with Crippen molar-refractivity contribution in [1.82, 2.24) is 20.0 Å². The number of nitrogens with zero attached hydrogens (tertiary/aromatic N) is 2. The van der Waals surface area contributed by atoms with Gasteiger partial charge in [0.15, 0.2) is 5.65 Å². The van der Waals surface area contributed by atoms with E-state index < -0.39 is 23.9 Å². The summed E-state index contributed by atoms with van der Waals surface area (Å²) < 4.78 is 39.0. The molecule has 0 aliphatic heterocycles. The largest absolute Gasteiger partial charge is 0.416 e. The molecule has 0 saturated heterocycles. The standard InChI is InChI=1S/C13H11F3N4O2/c14-13(15,16)8-3-1-7(2-4-8)5-20-11-10(9(6-21)19-20)12(22)18-17-11/h1-4,21H,5-6H2,(H2,17,18,22). The molecule has 6 nitrogen and oxygen atoms in total. The number of hydrogen-bond acceptors (Lipinski definition) is 3. The third-order valence-electron chi connectivity index (χ3n) is 3.31. The van der Waals surface area contributed by atoms with Crippen molar-refractivity contribution in [2.75, 3.05) is 0 Å². The van der Waals surface area contributed by atoms with Crippen LogP contribution in [0.3, 0.4) is 0 Å². The number of aromatic amines is 2. The van der Waals surface area contributed by atoms with Crippen LogP contribution in [0.15, 0.2) is 29.1 Å². The normalized spacial score (nSPS) is 12.2. The molecular weight excluding hydrogens is 301 g/mol. The van der Waals surface area contributed by atoms with Gasteiger partial charge in [0.1, 0.15) is 11.1 Å². The fraction of sp³-hybridized carbons (Fsp3) is 0.231. The van der Waals surface area contributed by atoms with Gasteiger partial charge in [-0.05, 0) is 17.7 Å². The van der Waals surface area contributed by atoms with Crippen molar-refractivity contribution in [3.63, 3.8) is 0 Å². The lowest BCUT2D eigenvalue weighted by molar-refractivity contribution is -0.137. The average molecular weight is 312 g/mol. The molecule has 0 unspecified atom stereocenters. The minimum atomic E-state index is -4.38. The van der Waals surface area contributed by atoms with Gasteiger partial charge in [-0.15, -0.1) is 0 Å². The average Bonchev–Trinajstić information content (AvgIpc) is 3.01. The molecule has 2 heterocycles. The van der Waals surface area contributed by atoms with Gasteiger partial charge >= 0.3 is 6.18 Å². The Bertz CT molecular complexity index is 858. The molecule has 0 amide bonds. The van der Waals surface area contributed by atoms with Crippen LogP contribution in [0.2, 0.25) is 0 Å². The Morgan fingerprint density at radius 3 is 2.45 bits per heavy atom. The minimum absolute atomic E-state index is 0.169. The zero-order chi connectivity index (χ0) is 15.9. The van der Waals surface area contributed by atoms with Gasteiger partial charge < -0.3 is 5.11 Å². The first kappa shape index (κ1) is 14.4. The van der Waals surface area contributed by atoms with Crippen LogP contribution in [-0.4, -0.2) is 25.1 Å². The number of alkyl halides is 3. The topological polar surface area (TPSA) is 86.7 Å². The van der Waals surface area contributed by atoms with Crippen molar-refractivity contribution in [1.29, 1.82) is 0 Å². The summed E-state index contributed by atoms with van der Waals surface area (Å²) in [4.78, 5) is 11.6. The Labute approximate surface area is 121 Å². The van der Waals surface area contributed by atoms with Crippen molar-refractivity contribution in [2.24, 2.45) is 0 Å². The number of H-pyrrole nitrogens is 2. The van der Waals surface area contributed by atoms with Gasteiger partial charge in [0, 0.05) is 0 Å². The lowest BCUT2D eigenvalue weighted by atomic mass is 10.1. The summed E-state index contributed by atoms with van der Waals surface area (Å²) in [5, 5.41) is 18.6. The molecule has 0 bridgehead atoms. The lowest BCUT2D eigenvalue weighted by Gasteiger charge is -2.08. The fourth-order valence-corrected chi connectivity index (χ4v) is 2.25. The van der Waals surface area contributed by atoms with Gasteiger partial charge in [0.05, 0.1) is 18.7 Å². The molecule has 9 heteroatoms. The van der Waals surface area contributed by atoms with E-state index in [1.165, 1.54) is 16.8 Å². The Balaban J connectivity index is 1.95. The van der Waals surface area contributed by atoms with Crippen molar-refractivity contribution in [3.8, 4) is 0 Å². The first-order chi connectivity index (χ1) is 10.4. The molecule has 3 rings (SSSR count). The number of aliphatic hydroxyl groups excluding tert-OH is 1. The van der Waals surface area contributed by atoms with Crippen LogP contribution in [0.4, 0.5) is 13.2 Å². The van der Waals surface area contributed by atoms with E-state index in [0.29, 0.717) is 11.2 Å². The van der Waals surface area contributed by atoms with Crippen LogP contribution in [-0.2, 0) is 19.3 Å². The summed E-state index contributed by atoms with van der Waals surface area (Å²) in [5.74, 6) is 0. The zero-order valence-corrected chi connectivity index (χ0v) is 11.1. The monoisotopic (exact) mass is 312 g/mol. The number of rotatable bonds is 3. The van der Waals surface area contributed by atoms with Crippen LogP contribution >= 0.6 is 0 Å². The molecule has 0 aliphatic rings. The maximum absolute atomic E-state index is 12.5. The van der Waals surface area contributed by atoms with Crippen molar-refractivity contribution in [3.05, 3.63) is 51.4 Å². The Kier molecular flexibility index (Phi) is 3.28. The molecule has 0 fully saturated rings. The molecule has 22 heavy (non-hydrogen) atoms. The van der Waals surface area contributed by atoms with E-state index in [1.54, 1.807) is 0 Å². The summed E-state index contributed by atoms with van der Waals surface area (Å²) in [5.41, 5.74) is 0.0491. The predicted octanol–water partition coefficient (Wildman–Crippen LogP) is 1.61. The molecule has 0 atom stereocenters. The number of fused-ring (bicyclic) bond motifs is 1. The molecule has 0 radical (unpaired) electrons. The highest BCUT2D eigenvalue weighted by Crippen LogP contribution is 2.29. The molecule has 3 aromatic rings. The molecule has 3 N–H and O–H groups in total. The summed E-state index contributed by atoms with van der Waals surface area (Å²) in [6.45, 7) is -0.236.